The van der Waals surface area contributed by atoms with Crippen molar-refractivity contribution in [2.24, 2.45) is 5.92 Å². The average molecular weight is 310 g/mol. The second-order valence-electron chi connectivity index (χ2n) is 7.97. The minimum atomic E-state index is -0.404. The van der Waals surface area contributed by atoms with E-state index >= 15 is 0 Å². The molecular formula is C18H34N2O2. The van der Waals surface area contributed by atoms with Crippen molar-refractivity contribution in [3.8, 4) is 0 Å². The fourth-order valence-corrected chi connectivity index (χ4v) is 3.69. The maximum atomic E-state index is 12.2. The van der Waals surface area contributed by atoms with E-state index in [1.54, 1.807) is 0 Å². The Morgan fingerprint density at radius 2 is 1.91 bits per heavy atom. The van der Waals surface area contributed by atoms with Gasteiger partial charge in [0.05, 0.1) is 0 Å². The summed E-state index contributed by atoms with van der Waals surface area (Å²) in [5, 5.41) is 3.55. The summed E-state index contributed by atoms with van der Waals surface area (Å²) in [6.07, 6.45) is 10.4. The Kier molecular flexibility index (Phi) is 6.54. The molecule has 0 radical (unpaired) electrons. The molecule has 22 heavy (non-hydrogen) atoms. The van der Waals surface area contributed by atoms with Crippen LogP contribution in [0.4, 0.5) is 4.79 Å². The zero-order valence-electron chi connectivity index (χ0n) is 14.7. The van der Waals surface area contributed by atoms with Crippen molar-refractivity contribution in [2.45, 2.75) is 83.8 Å². The summed E-state index contributed by atoms with van der Waals surface area (Å²) in [6.45, 7) is 8.61. The van der Waals surface area contributed by atoms with Crippen molar-refractivity contribution in [1.29, 1.82) is 0 Å². The molecule has 1 N–H and O–H groups in total. The summed E-state index contributed by atoms with van der Waals surface area (Å²) >= 11 is 0. The number of hydrogen-bond donors (Lipinski definition) is 1. The first kappa shape index (κ1) is 17.6. The van der Waals surface area contributed by atoms with Crippen molar-refractivity contribution in [1.82, 2.24) is 10.2 Å². The Balaban J connectivity index is 1.62. The number of carbonyl (C=O) groups is 1. The molecule has 2 aliphatic rings. The first-order valence-corrected chi connectivity index (χ1v) is 9.16. The largest absolute Gasteiger partial charge is 0.444 e. The summed E-state index contributed by atoms with van der Waals surface area (Å²) in [6, 6.07) is 0.307. The predicted octanol–water partition coefficient (Wildman–Crippen LogP) is 3.95. The monoisotopic (exact) mass is 310 g/mol. The highest BCUT2D eigenvalue weighted by Crippen LogP contribution is 2.28. The fourth-order valence-electron chi connectivity index (χ4n) is 3.69. The molecule has 1 saturated carbocycles. The fraction of sp³-hybridized carbons (Fsp3) is 0.944. The van der Waals surface area contributed by atoms with Gasteiger partial charge in [0.1, 0.15) is 5.60 Å². The quantitative estimate of drug-likeness (QED) is 0.755. The molecule has 4 heteroatoms. The minimum Gasteiger partial charge on any atom is -0.444 e. The van der Waals surface area contributed by atoms with Crippen molar-refractivity contribution in [3.05, 3.63) is 0 Å². The van der Waals surface area contributed by atoms with Crippen LogP contribution in [0.1, 0.15) is 72.1 Å². The van der Waals surface area contributed by atoms with Crippen LogP contribution in [0.25, 0.3) is 0 Å². The number of likely N-dealkylation sites (tertiary alicyclic amines) is 1. The van der Waals surface area contributed by atoms with Crippen LogP contribution in [0.2, 0.25) is 0 Å². The van der Waals surface area contributed by atoms with E-state index in [-0.39, 0.29) is 6.09 Å². The highest BCUT2D eigenvalue weighted by molar-refractivity contribution is 5.69. The lowest BCUT2D eigenvalue weighted by Gasteiger charge is -2.28. The van der Waals surface area contributed by atoms with Crippen LogP contribution in [0.5, 0.6) is 0 Å². The standard InChI is InChI=1S/C18H34N2O2/c1-18(2,3)22-17(21)20-13-7-11-16(20)14-19-12-6-10-15-8-4-5-9-15/h15-16,19H,4-14H2,1-3H3. The van der Waals surface area contributed by atoms with Gasteiger partial charge in [0.2, 0.25) is 0 Å². The van der Waals surface area contributed by atoms with Crippen molar-refractivity contribution < 1.29 is 9.53 Å². The molecule has 2 rings (SSSR count). The Labute approximate surface area is 136 Å². The van der Waals surface area contributed by atoms with E-state index in [0.29, 0.717) is 6.04 Å². The molecular weight excluding hydrogens is 276 g/mol. The molecule has 1 heterocycles. The molecule has 128 valence electrons. The maximum Gasteiger partial charge on any atom is 0.410 e. The molecule has 0 spiro atoms. The highest BCUT2D eigenvalue weighted by Gasteiger charge is 2.31. The van der Waals surface area contributed by atoms with Crippen LogP contribution >= 0.6 is 0 Å². The van der Waals surface area contributed by atoms with E-state index in [1.165, 1.54) is 38.5 Å². The number of amides is 1. The van der Waals surface area contributed by atoms with Crippen LogP contribution in [0.3, 0.4) is 0 Å². The van der Waals surface area contributed by atoms with Crippen molar-refractivity contribution >= 4 is 6.09 Å². The van der Waals surface area contributed by atoms with Crippen LogP contribution in [-0.2, 0) is 4.74 Å². The van der Waals surface area contributed by atoms with Crippen LogP contribution in [-0.4, -0.2) is 42.3 Å². The summed E-state index contributed by atoms with van der Waals surface area (Å²) in [4.78, 5) is 14.1. The number of carbonyl (C=O) groups excluding carboxylic acids is 1. The van der Waals surface area contributed by atoms with Gasteiger partial charge in [0.25, 0.3) is 0 Å². The molecule has 0 aromatic carbocycles. The van der Waals surface area contributed by atoms with Gasteiger partial charge in [0.15, 0.2) is 0 Å². The normalized spacial score (nSPS) is 23.2. The second-order valence-corrected chi connectivity index (χ2v) is 7.97. The Bertz CT molecular complexity index is 345. The summed E-state index contributed by atoms with van der Waals surface area (Å²) in [5.41, 5.74) is -0.404. The third-order valence-electron chi connectivity index (χ3n) is 4.83. The lowest BCUT2D eigenvalue weighted by molar-refractivity contribution is 0.0226. The summed E-state index contributed by atoms with van der Waals surface area (Å²) in [7, 11) is 0. The van der Waals surface area contributed by atoms with E-state index in [4.69, 9.17) is 4.74 Å². The van der Waals surface area contributed by atoms with E-state index in [2.05, 4.69) is 5.32 Å². The zero-order valence-corrected chi connectivity index (χ0v) is 14.7. The zero-order chi connectivity index (χ0) is 16.0. The molecule has 1 unspecified atom stereocenters. The van der Waals surface area contributed by atoms with Gasteiger partial charge in [-0.2, -0.15) is 0 Å². The van der Waals surface area contributed by atoms with E-state index in [0.717, 1.165) is 38.4 Å². The highest BCUT2D eigenvalue weighted by atomic mass is 16.6. The Morgan fingerprint density at radius 3 is 2.59 bits per heavy atom. The van der Waals surface area contributed by atoms with E-state index in [9.17, 15) is 4.79 Å². The third kappa shape index (κ3) is 5.79. The second kappa shape index (κ2) is 8.19. The summed E-state index contributed by atoms with van der Waals surface area (Å²) in [5.74, 6) is 0.978. The molecule has 1 aliphatic carbocycles. The molecule has 0 aromatic heterocycles. The third-order valence-corrected chi connectivity index (χ3v) is 4.83. The first-order valence-electron chi connectivity index (χ1n) is 9.16. The van der Waals surface area contributed by atoms with E-state index in [1.807, 2.05) is 25.7 Å². The number of nitrogens with zero attached hydrogens (tertiary/aromatic N) is 1. The Hall–Kier alpha value is -0.770. The number of ether oxygens (including phenoxy) is 1. The van der Waals surface area contributed by atoms with Crippen LogP contribution in [0, 0.1) is 5.92 Å². The molecule has 1 aliphatic heterocycles. The minimum absolute atomic E-state index is 0.150. The molecule has 1 saturated heterocycles. The smallest absolute Gasteiger partial charge is 0.410 e. The molecule has 0 bridgehead atoms. The summed E-state index contributed by atoms with van der Waals surface area (Å²) < 4.78 is 5.51. The van der Waals surface area contributed by atoms with Gasteiger partial charge in [0, 0.05) is 19.1 Å². The van der Waals surface area contributed by atoms with Crippen molar-refractivity contribution in [2.75, 3.05) is 19.6 Å². The SMILES string of the molecule is CC(C)(C)OC(=O)N1CCCC1CNCCCC1CCCC1. The van der Waals surface area contributed by atoms with E-state index < -0.39 is 5.60 Å². The molecule has 2 fully saturated rings. The first-order chi connectivity index (χ1) is 10.5. The molecule has 1 amide bonds. The van der Waals surface area contributed by atoms with Gasteiger partial charge in [-0.15, -0.1) is 0 Å². The topological polar surface area (TPSA) is 41.6 Å². The van der Waals surface area contributed by atoms with Gasteiger partial charge >= 0.3 is 6.09 Å². The lowest BCUT2D eigenvalue weighted by Crippen LogP contribution is -2.44. The van der Waals surface area contributed by atoms with Gasteiger partial charge in [-0.3, -0.25) is 0 Å². The predicted molar refractivity (Wildman–Crippen MR) is 90.0 cm³/mol. The van der Waals surface area contributed by atoms with Gasteiger partial charge in [-0.1, -0.05) is 25.7 Å². The molecule has 0 aromatic rings. The number of rotatable bonds is 6. The van der Waals surface area contributed by atoms with Gasteiger partial charge in [-0.05, 0) is 58.9 Å². The molecule has 4 nitrogen and oxygen atoms in total. The van der Waals surface area contributed by atoms with Gasteiger partial charge in [-0.25, -0.2) is 4.79 Å². The van der Waals surface area contributed by atoms with Crippen LogP contribution < -0.4 is 5.32 Å². The number of nitrogens with one attached hydrogen (secondary N) is 1. The lowest BCUT2D eigenvalue weighted by atomic mass is 10.0. The Morgan fingerprint density at radius 1 is 1.18 bits per heavy atom. The van der Waals surface area contributed by atoms with Crippen LogP contribution in [0.15, 0.2) is 0 Å². The molecule has 1 atom stereocenters. The van der Waals surface area contributed by atoms with Gasteiger partial charge < -0.3 is 15.0 Å². The average Bonchev–Trinajstić information content (AvgIpc) is 3.06. The maximum absolute atomic E-state index is 12.2. The van der Waals surface area contributed by atoms with Crippen molar-refractivity contribution in [3.63, 3.8) is 0 Å². The number of hydrogen-bond acceptors (Lipinski definition) is 3.